The number of halogens is 2. The van der Waals surface area contributed by atoms with E-state index < -0.39 is 11.6 Å². The molecule has 3 rings (SSSR count). The molecular weight excluding hydrogens is 356 g/mol. The van der Waals surface area contributed by atoms with E-state index in [1.165, 1.54) is 22.8 Å². The van der Waals surface area contributed by atoms with Gasteiger partial charge in [-0.25, -0.2) is 8.78 Å². The Morgan fingerprint density at radius 1 is 1.12 bits per heavy atom. The van der Waals surface area contributed by atoms with Gasteiger partial charge in [0.15, 0.2) is 17.4 Å². The first-order valence-electron chi connectivity index (χ1n) is 7.81. The molecule has 132 valence electrons. The average Bonchev–Trinajstić information content (AvgIpc) is 2.86. The summed E-state index contributed by atoms with van der Waals surface area (Å²) in [5, 5.41) is 0. The summed E-state index contributed by atoms with van der Waals surface area (Å²) in [6.45, 7) is 1.84. The third-order valence-electron chi connectivity index (χ3n) is 3.97. The van der Waals surface area contributed by atoms with Crippen molar-refractivity contribution < 1.29 is 13.6 Å². The van der Waals surface area contributed by atoms with Crippen molar-refractivity contribution in [3.8, 4) is 0 Å². The number of aromatic nitrogens is 1. The maximum Gasteiger partial charge on any atom is 0.268 e. The number of Topliss-reactive ketones (excluding diaryl/α,β-unsaturated/α-hetero) is 1. The van der Waals surface area contributed by atoms with E-state index >= 15 is 0 Å². The average molecular weight is 371 g/mol. The van der Waals surface area contributed by atoms with Gasteiger partial charge < -0.3 is 4.57 Å². The highest BCUT2D eigenvalue weighted by molar-refractivity contribution is 7.07. The van der Waals surface area contributed by atoms with Crippen LogP contribution in [0.5, 0.6) is 0 Å². The highest BCUT2D eigenvalue weighted by Gasteiger charge is 2.08. The van der Waals surface area contributed by atoms with E-state index in [1.807, 2.05) is 19.1 Å². The van der Waals surface area contributed by atoms with Gasteiger partial charge in [-0.1, -0.05) is 30.3 Å². The fourth-order valence-corrected chi connectivity index (χ4v) is 3.53. The number of benzene rings is 2. The number of aryl methyl sites for hydroxylation is 1. The molecule has 0 N–H and O–H groups in total. The van der Waals surface area contributed by atoms with E-state index in [1.54, 1.807) is 19.2 Å². The van der Waals surface area contributed by atoms with Gasteiger partial charge in [0.05, 0.1) is 4.53 Å². The first-order valence-corrected chi connectivity index (χ1v) is 8.63. The standard InChI is InChI=1S/C20H15F2NO2S/c1-12-5-3-4-6-14(12)17(24)11-19-23(2)20(25)18(26-19)10-13-7-8-15(21)16(22)9-13/h3-11H,1-2H3. The summed E-state index contributed by atoms with van der Waals surface area (Å²) < 4.78 is 28.6. The van der Waals surface area contributed by atoms with Crippen molar-refractivity contribution >= 4 is 29.3 Å². The Bertz CT molecular complexity index is 1180. The maximum absolute atomic E-state index is 13.3. The number of carbonyl (C=O) groups excluding carboxylic acids is 1. The molecule has 0 atom stereocenters. The van der Waals surface area contributed by atoms with E-state index in [4.69, 9.17) is 0 Å². The lowest BCUT2D eigenvalue weighted by Crippen LogP contribution is -2.29. The SMILES string of the molecule is Cc1ccccc1C(=O)C=c1sc(=Cc2ccc(F)c(F)c2)c(=O)n1C. The van der Waals surface area contributed by atoms with Crippen molar-refractivity contribution in [3.05, 3.63) is 90.3 Å². The molecule has 0 radical (unpaired) electrons. The highest BCUT2D eigenvalue weighted by Crippen LogP contribution is 2.09. The minimum absolute atomic E-state index is 0.195. The van der Waals surface area contributed by atoms with Crippen LogP contribution in [-0.2, 0) is 7.05 Å². The zero-order valence-corrected chi connectivity index (χ0v) is 14.9. The van der Waals surface area contributed by atoms with Crippen LogP contribution < -0.4 is 14.8 Å². The van der Waals surface area contributed by atoms with Gasteiger partial charge in [-0.2, -0.15) is 0 Å². The first kappa shape index (κ1) is 17.9. The van der Waals surface area contributed by atoms with Crippen LogP contribution in [0.4, 0.5) is 8.78 Å². The monoisotopic (exact) mass is 371 g/mol. The summed E-state index contributed by atoms with van der Waals surface area (Å²) in [6, 6.07) is 10.6. The Kier molecular flexibility index (Phi) is 4.95. The summed E-state index contributed by atoms with van der Waals surface area (Å²) >= 11 is 1.12. The van der Waals surface area contributed by atoms with Crippen LogP contribution >= 0.6 is 11.3 Å². The molecule has 0 unspecified atom stereocenters. The number of nitrogens with zero attached hydrogens (tertiary/aromatic N) is 1. The Morgan fingerprint density at radius 2 is 1.85 bits per heavy atom. The van der Waals surface area contributed by atoms with Crippen molar-refractivity contribution in [2.45, 2.75) is 6.92 Å². The Labute approximate surface area is 152 Å². The van der Waals surface area contributed by atoms with E-state index in [2.05, 4.69) is 0 Å². The van der Waals surface area contributed by atoms with Gasteiger partial charge >= 0.3 is 0 Å². The lowest BCUT2D eigenvalue weighted by atomic mass is 10.1. The summed E-state index contributed by atoms with van der Waals surface area (Å²) in [5.41, 5.74) is 1.49. The summed E-state index contributed by atoms with van der Waals surface area (Å²) in [5.74, 6) is -2.12. The van der Waals surface area contributed by atoms with Gasteiger partial charge in [0.1, 0.15) is 4.66 Å². The molecule has 6 heteroatoms. The molecule has 0 bridgehead atoms. The van der Waals surface area contributed by atoms with Crippen LogP contribution in [0.2, 0.25) is 0 Å². The van der Waals surface area contributed by atoms with Crippen molar-refractivity contribution in [2.24, 2.45) is 7.05 Å². The molecule has 3 aromatic rings. The second-order valence-electron chi connectivity index (χ2n) is 5.81. The van der Waals surface area contributed by atoms with Gasteiger partial charge in [-0.15, -0.1) is 11.3 Å². The lowest BCUT2D eigenvalue weighted by Gasteiger charge is -1.99. The number of hydrogen-bond donors (Lipinski definition) is 0. The fraction of sp³-hybridized carbons (Fsp3) is 0.100. The largest absolute Gasteiger partial charge is 0.302 e. The fourth-order valence-electron chi connectivity index (χ4n) is 2.50. The Morgan fingerprint density at radius 3 is 2.54 bits per heavy atom. The predicted octanol–water partition coefficient (Wildman–Crippen LogP) is 2.53. The van der Waals surface area contributed by atoms with Gasteiger partial charge in [-0.05, 0) is 36.3 Å². The summed E-state index contributed by atoms with van der Waals surface area (Å²) in [7, 11) is 1.57. The first-order chi connectivity index (χ1) is 12.4. The van der Waals surface area contributed by atoms with Crippen LogP contribution in [0.1, 0.15) is 21.5 Å². The molecule has 0 amide bonds. The van der Waals surface area contributed by atoms with Gasteiger partial charge in [0, 0.05) is 18.7 Å². The third-order valence-corrected chi connectivity index (χ3v) is 5.08. The molecule has 2 aromatic carbocycles. The van der Waals surface area contributed by atoms with E-state index in [-0.39, 0.29) is 11.3 Å². The number of ketones is 1. The molecule has 0 aliphatic carbocycles. The van der Waals surface area contributed by atoms with E-state index in [0.29, 0.717) is 20.3 Å². The minimum Gasteiger partial charge on any atom is -0.302 e. The zero-order chi connectivity index (χ0) is 18.8. The smallest absolute Gasteiger partial charge is 0.268 e. The Hall–Kier alpha value is -2.86. The molecule has 0 aliphatic rings. The van der Waals surface area contributed by atoms with Gasteiger partial charge in [-0.3, -0.25) is 9.59 Å². The van der Waals surface area contributed by atoms with Crippen LogP contribution in [-0.4, -0.2) is 10.4 Å². The molecule has 0 saturated carbocycles. The second kappa shape index (κ2) is 7.17. The van der Waals surface area contributed by atoms with Gasteiger partial charge in [0.2, 0.25) is 0 Å². The van der Waals surface area contributed by atoms with E-state index in [9.17, 15) is 18.4 Å². The van der Waals surface area contributed by atoms with Crippen LogP contribution in [0.15, 0.2) is 47.3 Å². The van der Waals surface area contributed by atoms with Crippen molar-refractivity contribution in [3.63, 3.8) is 0 Å². The molecular formula is C20H15F2NO2S. The topological polar surface area (TPSA) is 39.1 Å². The predicted molar refractivity (Wildman–Crippen MR) is 98.7 cm³/mol. The quantitative estimate of drug-likeness (QED) is 0.664. The van der Waals surface area contributed by atoms with Gasteiger partial charge in [0.25, 0.3) is 5.56 Å². The van der Waals surface area contributed by atoms with E-state index in [0.717, 1.165) is 29.0 Å². The maximum atomic E-state index is 13.3. The summed E-state index contributed by atoms with van der Waals surface area (Å²) in [6.07, 6.45) is 2.89. The van der Waals surface area contributed by atoms with Crippen LogP contribution in [0, 0.1) is 18.6 Å². The van der Waals surface area contributed by atoms with Crippen molar-refractivity contribution in [2.75, 3.05) is 0 Å². The molecule has 0 aliphatic heterocycles. The molecule has 1 aromatic heterocycles. The highest BCUT2D eigenvalue weighted by atomic mass is 32.1. The molecule has 1 heterocycles. The van der Waals surface area contributed by atoms with Crippen molar-refractivity contribution in [1.29, 1.82) is 0 Å². The molecule has 26 heavy (non-hydrogen) atoms. The Balaban J connectivity index is 2.09. The number of carbonyl (C=O) groups is 1. The normalized spacial score (nSPS) is 12.6. The summed E-state index contributed by atoms with van der Waals surface area (Å²) in [4.78, 5) is 24.9. The molecule has 0 fully saturated rings. The third kappa shape index (κ3) is 3.55. The number of thiazole rings is 1. The minimum atomic E-state index is -0.978. The zero-order valence-electron chi connectivity index (χ0n) is 14.1. The molecule has 0 spiro atoms. The molecule has 0 saturated heterocycles. The lowest BCUT2D eigenvalue weighted by molar-refractivity contribution is 0.106. The number of hydrogen-bond acceptors (Lipinski definition) is 3. The van der Waals surface area contributed by atoms with Crippen LogP contribution in [0.25, 0.3) is 12.2 Å². The second-order valence-corrected chi connectivity index (χ2v) is 6.87. The molecule has 3 nitrogen and oxygen atoms in total. The number of rotatable bonds is 3. The van der Waals surface area contributed by atoms with Crippen molar-refractivity contribution in [1.82, 2.24) is 4.57 Å². The van der Waals surface area contributed by atoms with Crippen LogP contribution in [0.3, 0.4) is 0 Å².